The highest BCUT2D eigenvalue weighted by atomic mass is 35.5. The second kappa shape index (κ2) is 8.71. The van der Waals surface area contributed by atoms with Crippen molar-refractivity contribution in [1.29, 1.82) is 0 Å². The summed E-state index contributed by atoms with van der Waals surface area (Å²) in [5.74, 6) is -1.17. The van der Waals surface area contributed by atoms with Gasteiger partial charge in [-0.2, -0.15) is 0 Å². The van der Waals surface area contributed by atoms with Gasteiger partial charge in [0.2, 0.25) is 5.91 Å². The van der Waals surface area contributed by atoms with Gasteiger partial charge in [-0.1, -0.05) is 24.6 Å². The van der Waals surface area contributed by atoms with Crippen molar-refractivity contribution >= 4 is 35.3 Å². The van der Waals surface area contributed by atoms with Crippen LogP contribution >= 0.6 is 11.6 Å². The molecule has 2 N–H and O–H groups in total. The van der Waals surface area contributed by atoms with E-state index in [2.05, 4.69) is 15.4 Å². The molecule has 0 saturated carbocycles. The summed E-state index contributed by atoms with van der Waals surface area (Å²) in [6.07, 6.45) is -0.368. The molecule has 1 aromatic carbocycles. The number of carbonyl (C=O) groups is 3. The van der Waals surface area contributed by atoms with Gasteiger partial charge in [0.1, 0.15) is 17.2 Å². The number of esters is 1. The predicted molar refractivity (Wildman–Crippen MR) is 94.9 cm³/mol. The van der Waals surface area contributed by atoms with Gasteiger partial charge in [0.15, 0.2) is 0 Å². The molecule has 0 aromatic heterocycles. The summed E-state index contributed by atoms with van der Waals surface area (Å²) in [6.45, 7) is 6.91. The Hall–Kier alpha value is -2.28. The summed E-state index contributed by atoms with van der Waals surface area (Å²) in [6, 6.07) is 3.79. The van der Waals surface area contributed by atoms with Crippen LogP contribution in [-0.2, 0) is 14.3 Å². The van der Waals surface area contributed by atoms with E-state index in [1.165, 1.54) is 19.2 Å². The zero-order valence-corrected chi connectivity index (χ0v) is 15.7. The average molecular weight is 371 g/mol. The first kappa shape index (κ1) is 20.8. The summed E-state index contributed by atoms with van der Waals surface area (Å²) >= 11 is 6.02. The van der Waals surface area contributed by atoms with E-state index in [1.54, 1.807) is 33.8 Å². The van der Waals surface area contributed by atoms with Gasteiger partial charge < -0.3 is 20.1 Å². The molecular weight excluding hydrogens is 348 g/mol. The fourth-order valence-electron chi connectivity index (χ4n) is 1.96. The first-order valence-corrected chi connectivity index (χ1v) is 8.14. The number of ether oxygens (including phenoxy) is 2. The van der Waals surface area contributed by atoms with Crippen LogP contribution < -0.4 is 10.6 Å². The van der Waals surface area contributed by atoms with Gasteiger partial charge in [-0.15, -0.1) is 0 Å². The van der Waals surface area contributed by atoms with E-state index >= 15 is 0 Å². The van der Waals surface area contributed by atoms with Crippen LogP contribution in [0.5, 0.6) is 0 Å². The molecular formula is C17H23ClN2O5. The Morgan fingerprint density at radius 3 is 2.40 bits per heavy atom. The van der Waals surface area contributed by atoms with Crippen LogP contribution in [-0.4, -0.2) is 36.7 Å². The Balaban J connectivity index is 2.91. The van der Waals surface area contributed by atoms with E-state index in [9.17, 15) is 14.4 Å². The smallest absolute Gasteiger partial charge is 0.408 e. The number of hydrogen-bond acceptors (Lipinski definition) is 5. The molecule has 2 amide bonds. The van der Waals surface area contributed by atoms with Gasteiger partial charge in [-0.25, -0.2) is 9.59 Å². The molecule has 1 aromatic rings. The Bertz CT molecular complexity index is 655. The molecule has 1 rings (SSSR count). The molecule has 1 atom stereocenters. The molecule has 0 unspecified atom stereocenters. The predicted octanol–water partition coefficient (Wildman–Crippen LogP) is 3.37. The van der Waals surface area contributed by atoms with Crippen LogP contribution in [0.15, 0.2) is 18.2 Å². The molecule has 0 bridgehead atoms. The molecule has 7 nitrogen and oxygen atoms in total. The number of alkyl carbamates (subject to hydrolysis) is 1. The van der Waals surface area contributed by atoms with Crippen molar-refractivity contribution < 1.29 is 23.9 Å². The van der Waals surface area contributed by atoms with Crippen LogP contribution in [0.4, 0.5) is 10.5 Å². The number of hydrogen-bond donors (Lipinski definition) is 2. The number of nitrogens with one attached hydrogen (secondary N) is 2. The summed E-state index contributed by atoms with van der Waals surface area (Å²) in [5, 5.41) is 5.24. The maximum Gasteiger partial charge on any atom is 0.408 e. The quantitative estimate of drug-likeness (QED) is 0.775. The highest BCUT2D eigenvalue weighted by Crippen LogP contribution is 2.25. The van der Waals surface area contributed by atoms with Gasteiger partial charge in [-0.3, -0.25) is 4.79 Å². The average Bonchev–Trinajstić information content (AvgIpc) is 2.50. The molecule has 8 heteroatoms. The first-order chi connectivity index (χ1) is 11.6. The fourth-order valence-corrected chi connectivity index (χ4v) is 2.21. The number of rotatable bonds is 5. The molecule has 0 heterocycles. The number of carbonyl (C=O) groups excluding carboxylic acids is 3. The third kappa shape index (κ3) is 6.26. The van der Waals surface area contributed by atoms with Crippen LogP contribution in [0.3, 0.4) is 0 Å². The van der Waals surface area contributed by atoms with Crippen LogP contribution in [0.25, 0.3) is 0 Å². The fraction of sp³-hybridized carbons (Fsp3) is 0.471. The van der Waals surface area contributed by atoms with Crippen molar-refractivity contribution in [2.75, 3.05) is 12.4 Å². The highest BCUT2D eigenvalue weighted by Gasteiger charge is 2.25. The minimum atomic E-state index is -0.834. The second-order valence-corrected chi connectivity index (χ2v) is 6.66. The van der Waals surface area contributed by atoms with Crippen LogP contribution in [0, 0.1) is 0 Å². The zero-order chi connectivity index (χ0) is 19.2. The van der Waals surface area contributed by atoms with E-state index < -0.39 is 29.6 Å². The molecule has 138 valence electrons. The Morgan fingerprint density at radius 1 is 1.24 bits per heavy atom. The van der Waals surface area contributed by atoms with Crippen molar-refractivity contribution in [1.82, 2.24) is 5.32 Å². The minimum absolute atomic E-state index is 0.0483. The van der Waals surface area contributed by atoms with E-state index in [0.717, 1.165) is 0 Å². The number of anilines is 1. The summed E-state index contributed by atoms with van der Waals surface area (Å²) in [5.41, 5.74) is -0.426. The molecule has 25 heavy (non-hydrogen) atoms. The maximum absolute atomic E-state index is 12.4. The molecule has 0 aliphatic carbocycles. The standard InChI is InChI=1S/C17H23ClN2O5/c1-6-11(20-16(23)25-17(2,3)4)14(21)19-12-9-7-8-10(18)13(12)15(22)24-5/h7-9,11H,6H2,1-5H3,(H,19,21)(H,20,23)/t11-/m0/s1. The number of benzene rings is 1. The van der Waals surface area contributed by atoms with Crippen LogP contribution in [0.1, 0.15) is 44.5 Å². The van der Waals surface area contributed by atoms with E-state index in [1.807, 2.05) is 0 Å². The van der Waals surface area contributed by atoms with Gasteiger partial charge in [-0.05, 0) is 39.3 Å². The molecule has 0 spiro atoms. The van der Waals surface area contributed by atoms with Crippen molar-refractivity contribution in [2.45, 2.75) is 45.8 Å². The second-order valence-electron chi connectivity index (χ2n) is 6.25. The van der Waals surface area contributed by atoms with Gasteiger partial charge in [0.05, 0.1) is 17.8 Å². The number of amides is 2. The van der Waals surface area contributed by atoms with E-state index in [-0.39, 0.29) is 16.3 Å². The van der Waals surface area contributed by atoms with Gasteiger partial charge in [0.25, 0.3) is 0 Å². The van der Waals surface area contributed by atoms with E-state index in [4.69, 9.17) is 16.3 Å². The topological polar surface area (TPSA) is 93.7 Å². The molecule has 0 saturated heterocycles. The Kier molecular flexibility index (Phi) is 7.23. The van der Waals surface area contributed by atoms with Crippen molar-refractivity contribution in [3.8, 4) is 0 Å². The lowest BCUT2D eigenvalue weighted by molar-refractivity contribution is -0.118. The number of halogens is 1. The monoisotopic (exact) mass is 370 g/mol. The Labute approximate surface area is 152 Å². The maximum atomic E-state index is 12.4. The van der Waals surface area contributed by atoms with Crippen molar-refractivity contribution in [3.63, 3.8) is 0 Å². The van der Waals surface area contributed by atoms with Gasteiger partial charge in [0, 0.05) is 0 Å². The summed E-state index contributed by atoms with van der Waals surface area (Å²) in [7, 11) is 1.22. The molecule has 0 fully saturated rings. The zero-order valence-electron chi connectivity index (χ0n) is 14.9. The molecule has 0 aliphatic heterocycles. The van der Waals surface area contributed by atoms with Crippen molar-refractivity contribution in [3.05, 3.63) is 28.8 Å². The lowest BCUT2D eigenvalue weighted by Gasteiger charge is -2.23. The molecule has 0 radical (unpaired) electrons. The van der Waals surface area contributed by atoms with E-state index in [0.29, 0.717) is 6.42 Å². The van der Waals surface area contributed by atoms with Crippen molar-refractivity contribution in [2.24, 2.45) is 0 Å². The normalized spacial score (nSPS) is 12.1. The lowest BCUT2D eigenvalue weighted by atomic mass is 10.1. The third-order valence-corrected chi connectivity index (χ3v) is 3.39. The van der Waals surface area contributed by atoms with Gasteiger partial charge >= 0.3 is 12.1 Å². The lowest BCUT2D eigenvalue weighted by Crippen LogP contribution is -2.45. The Morgan fingerprint density at radius 2 is 1.88 bits per heavy atom. The third-order valence-electron chi connectivity index (χ3n) is 3.08. The largest absolute Gasteiger partial charge is 0.465 e. The summed E-state index contributed by atoms with van der Waals surface area (Å²) in [4.78, 5) is 36.2. The molecule has 0 aliphatic rings. The minimum Gasteiger partial charge on any atom is -0.465 e. The highest BCUT2D eigenvalue weighted by molar-refractivity contribution is 6.34. The first-order valence-electron chi connectivity index (χ1n) is 7.76. The summed E-state index contributed by atoms with van der Waals surface area (Å²) < 4.78 is 9.82. The van der Waals surface area contributed by atoms with Crippen LogP contribution in [0.2, 0.25) is 5.02 Å². The number of methoxy groups -OCH3 is 1. The SMILES string of the molecule is CC[C@H](NC(=O)OC(C)(C)C)C(=O)Nc1cccc(Cl)c1C(=O)OC.